The van der Waals surface area contributed by atoms with Gasteiger partial charge < -0.3 is 52.5 Å². The zero-order valence-electron chi connectivity index (χ0n) is 24.7. The zero-order chi connectivity index (χ0) is 32.3. The Morgan fingerprint density at radius 3 is 1.51 bits per heavy atom. The van der Waals surface area contributed by atoms with E-state index >= 15 is 0 Å². The van der Waals surface area contributed by atoms with Crippen molar-refractivity contribution in [1.82, 2.24) is 28.8 Å². The summed E-state index contributed by atoms with van der Waals surface area (Å²) in [6.07, 6.45) is 5.00. The number of nitrogens with zero attached hydrogens (tertiary/aromatic N) is 5. The summed E-state index contributed by atoms with van der Waals surface area (Å²) < 4.78 is 5.75. The Hall–Kier alpha value is -5.84. The molecule has 45 heavy (non-hydrogen) atoms. The van der Waals surface area contributed by atoms with Crippen molar-refractivity contribution >= 4 is 52.5 Å². The first kappa shape index (κ1) is 33.7. The number of anilines is 3. The number of carbonyl (C=O) groups is 5. The number of amidine groups is 1. The number of aryl methyl sites for hydroxylation is 4. The number of aromatic carboxylic acids is 1. The molecule has 4 aromatic heterocycles. The molecule has 0 aliphatic heterocycles. The molecule has 4 rings (SSSR count). The molecule has 238 valence electrons. The Kier molecular flexibility index (Phi) is 10.2. The van der Waals surface area contributed by atoms with E-state index in [1.54, 1.807) is 38.1 Å². The fourth-order valence-electron chi connectivity index (χ4n) is 4.36. The molecule has 0 aromatic carbocycles. The lowest BCUT2D eigenvalue weighted by Crippen LogP contribution is -3.00. The minimum absolute atomic E-state index is 0. The predicted molar refractivity (Wildman–Crippen MR) is 158 cm³/mol. The van der Waals surface area contributed by atoms with Gasteiger partial charge in [-0.15, -0.1) is 0 Å². The predicted octanol–water partition coefficient (Wildman–Crippen LogP) is -3.87. The van der Waals surface area contributed by atoms with Gasteiger partial charge in [-0.25, -0.2) is 4.79 Å². The van der Waals surface area contributed by atoms with Crippen LogP contribution in [0.2, 0.25) is 0 Å². The molecule has 0 unspecified atom stereocenters. The summed E-state index contributed by atoms with van der Waals surface area (Å²) in [6, 6.07) is 5.61. The monoisotopic (exact) mass is 641 g/mol. The van der Waals surface area contributed by atoms with Crippen molar-refractivity contribution in [3.8, 4) is 0 Å². The van der Waals surface area contributed by atoms with Crippen LogP contribution in [-0.4, -0.2) is 70.6 Å². The van der Waals surface area contributed by atoms with Gasteiger partial charge in [0.25, 0.3) is 23.6 Å². The van der Waals surface area contributed by atoms with E-state index in [4.69, 9.17) is 16.2 Å². The molecule has 9 N–H and O–H groups in total. The minimum atomic E-state index is -1.27. The molecule has 0 aliphatic rings. The highest BCUT2D eigenvalue weighted by molar-refractivity contribution is 6.08. The first-order valence-electron chi connectivity index (χ1n) is 13.1. The second-order valence-corrected chi connectivity index (χ2v) is 9.96. The molecule has 0 aliphatic carbocycles. The second-order valence-electron chi connectivity index (χ2n) is 9.96. The summed E-state index contributed by atoms with van der Waals surface area (Å²) in [5.74, 6) is -3.00. The largest absolute Gasteiger partial charge is 1.00 e. The van der Waals surface area contributed by atoms with E-state index in [0.717, 1.165) is 10.7 Å². The van der Waals surface area contributed by atoms with Gasteiger partial charge in [0.2, 0.25) is 5.84 Å². The highest BCUT2D eigenvalue weighted by Gasteiger charge is 2.21. The molecule has 0 atom stereocenters. The zero-order valence-corrected chi connectivity index (χ0v) is 25.5. The van der Waals surface area contributed by atoms with Crippen LogP contribution >= 0.6 is 0 Å². The fourth-order valence-corrected chi connectivity index (χ4v) is 4.36. The summed E-state index contributed by atoms with van der Waals surface area (Å²) in [5.41, 5.74) is 6.96. The van der Waals surface area contributed by atoms with Crippen LogP contribution in [0.5, 0.6) is 0 Å². The SMILES string of the molecule is Cn1cc(NC(=O)c2cc(NC(=O)c3cc(NC(=O)c4cc(C(=O)O)nn4C)cn3C)cn2C)cc1C(=O)NCCC(N)=[NH2+].[Cl-]. The Morgan fingerprint density at radius 1 is 0.733 bits per heavy atom. The molecule has 4 heterocycles. The lowest BCUT2D eigenvalue weighted by Gasteiger charge is -2.03. The van der Waals surface area contributed by atoms with Gasteiger partial charge in [-0.05, 0) is 18.2 Å². The molecule has 18 heteroatoms. The van der Waals surface area contributed by atoms with E-state index < -0.39 is 23.7 Å². The number of aromatic nitrogens is 5. The molecule has 4 amide bonds. The highest BCUT2D eigenvalue weighted by Crippen LogP contribution is 2.20. The number of nitrogens with one attached hydrogen (secondary N) is 4. The number of hydrogen-bond acceptors (Lipinski definition) is 6. The van der Waals surface area contributed by atoms with Crippen molar-refractivity contribution in [3.63, 3.8) is 0 Å². The Balaban J connectivity index is 0.00000552. The first-order valence-corrected chi connectivity index (χ1v) is 13.1. The minimum Gasteiger partial charge on any atom is -1.00 e. The quantitative estimate of drug-likeness (QED) is 0.0630. The maximum atomic E-state index is 13.0. The van der Waals surface area contributed by atoms with Crippen molar-refractivity contribution in [2.45, 2.75) is 6.42 Å². The number of hydrogen-bond donors (Lipinski definition) is 7. The Labute approximate surface area is 262 Å². The lowest BCUT2D eigenvalue weighted by molar-refractivity contribution is -0.117. The van der Waals surface area contributed by atoms with Gasteiger partial charge in [0.05, 0.1) is 23.5 Å². The van der Waals surface area contributed by atoms with Crippen molar-refractivity contribution in [1.29, 1.82) is 0 Å². The van der Waals surface area contributed by atoms with Crippen LogP contribution in [0.25, 0.3) is 0 Å². The number of carboxylic acids is 1. The van der Waals surface area contributed by atoms with Crippen LogP contribution in [0.4, 0.5) is 17.1 Å². The molecular weight excluding hydrogens is 610 g/mol. The molecule has 0 spiro atoms. The summed E-state index contributed by atoms with van der Waals surface area (Å²) in [5, 5.41) is 29.1. The van der Waals surface area contributed by atoms with E-state index in [0.29, 0.717) is 29.2 Å². The molecular formula is C27H32ClN11O6. The second kappa shape index (κ2) is 13.6. The number of nitrogens with two attached hydrogens (primary N) is 2. The molecule has 0 radical (unpaired) electrons. The van der Waals surface area contributed by atoms with Crippen molar-refractivity contribution in [2.75, 3.05) is 22.5 Å². The number of amides is 4. The van der Waals surface area contributed by atoms with Crippen LogP contribution in [0.3, 0.4) is 0 Å². The van der Waals surface area contributed by atoms with Gasteiger partial charge in [0.15, 0.2) is 5.69 Å². The molecule has 4 aromatic rings. The van der Waals surface area contributed by atoms with E-state index in [9.17, 15) is 24.0 Å². The topological polar surface area (TPSA) is 238 Å². The Bertz CT molecular complexity index is 1810. The number of halogens is 1. The van der Waals surface area contributed by atoms with Gasteiger partial charge in [-0.1, -0.05) is 0 Å². The van der Waals surface area contributed by atoms with Gasteiger partial charge in [0, 0.05) is 59.4 Å². The van der Waals surface area contributed by atoms with E-state index in [1.807, 2.05) is 0 Å². The maximum Gasteiger partial charge on any atom is 0.356 e. The summed E-state index contributed by atoms with van der Waals surface area (Å²) in [7, 11) is 6.36. The standard InChI is InChI=1S/C27H31N11O6.ClH/c1-35-11-14(7-18(35)23(39)30-6-5-22(28)29)31-24(40)19-8-15(12-36(19)2)32-25(41)20-9-16(13-37(20)3)33-26(42)21-10-17(27(43)44)34-38(21)4;/h7-13H,5-6H2,1-4H3,(H3,28,29)(H,30,39)(H,31,40)(H,32,41)(H,33,42)(H,43,44);1H. The lowest BCUT2D eigenvalue weighted by atomic mass is 10.3. The van der Waals surface area contributed by atoms with Crippen molar-refractivity contribution in [2.24, 2.45) is 33.9 Å². The van der Waals surface area contributed by atoms with E-state index in [-0.39, 0.29) is 53.5 Å². The maximum absolute atomic E-state index is 13.0. The summed E-state index contributed by atoms with van der Waals surface area (Å²) >= 11 is 0. The summed E-state index contributed by atoms with van der Waals surface area (Å²) in [4.78, 5) is 62.3. The first-order chi connectivity index (χ1) is 20.7. The van der Waals surface area contributed by atoms with Gasteiger partial charge >= 0.3 is 5.97 Å². The molecule has 0 bridgehead atoms. The van der Waals surface area contributed by atoms with Gasteiger partial charge in [0.1, 0.15) is 22.8 Å². The van der Waals surface area contributed by atoms with Gasteiger partial charge in [-0.3, -0.25) is 35.0 Å². The van der Waals surface area contributed by atoms with Crippen molar-refractivity contribution < 1.29 is 46.9 Å². The third-order valence-electron chi connectivity index (χ3n) is 6.52. The van der Waals surface area contributed by atoms with E-state index in [1.165, 1.54) is 40.6 Å². The molecule has 0 saturated heterocycles. The molecule has 0 saturated carbocycles. The average molecular weight is 642 g/mol. The normalized spacial score (nSPS) is 10.5. The Morgan fingerprint density at radius 2 is 1.13 bits per heavy atom. The van der Waals surface area contributed by atoms with Crippen molar-refractivity contribution in [3.05, 3.63) is 71.3 Å². The third kappa shape index (κ3) is 7.77. The number of carbonyl (C=O) groups excluding carboxylic acids is 4. The third-order valence-corrected chi connectivity index (χ3v) is 6.52. The van der Waals surface area contributed by atoms with Crippen LogP contribution in [0.1, 0.15) is 58.9 Å². The number of carboxylic acid groups (broad SMARTS) is 1. The number of rotatable bonds is 11. The van der Waals surface area contributed by atoms with Crippen LogP contribution in [0, 0.1) is 0 Å². The smallest absolute Gasteiger partial charge is 0.356 e. The van der Waals surface area contributed by atoms with Gasteiger partial charge in [-0.2, -0.15) is 5.10 Å². The highest BCUT2D eigenvalue weighted by atomic mass is 35.5. The average Bonchev–Trinajstić information content (AvgIpc) is 3.69. The van der Waals surface area contributed by atoms with Crippen LogP contribution < -0.4 is 44.8 Å². The van der Waals surface area contributed by atoms with Crippen LogP contribution in [-0.2, 0) is 28.2 Å². The molecule has 0 fully saturated rings. The fraction of sp³-hybridized carbons (Fsp3) is 0.222. The summed E-state index contributed by atoms with van der Waals surface area (Å²) in [6.45, 7) is 0.269. The van der Waals surface area contributed by atoms with Crippen LogP contribution in [0.15, 0.2) is 42.9 Å². The molecule has 17 nitrogen and oxygen atoms in total. The van der Waals surface area contributed by atoms with E-state index in [2.05, 4.69) is 26.4 Å².